The maximum Gasteiger partial charge on any atom is 0.408 e. The van der Waals surface area contributed by atoms with Crippen LogP contribution in [0.4, 0.5) is 13.2 Å². The first kappa shape index (κ1) is 17.1. The molecule has 6 nitrogen and oxygen atoms in total. The lowest BCUT2D eigenvalue weighted by molar-refractivity contribution is -0.143. The van der Waals surface area contributed by atoms with Gasteiger partial charge in [0.1, 0.15) is 18.2 Å². The van der Waals surface area contributed by atoms with Crippen LogP contribution in [0.15, 0.2) is 36.9 Å². The largest absolute Gasteiger partial charge is 0.408 e. The van der Waals surface area contributed by atoms with Crippen LogP contribution in [-0.2, 0) is 13.0 Å². The molecule has 132 valence electrons. The summed E-state index contributed by atoms with van der Waals surface area (Å²) in [6, 6.07) is 3.24. The van der Waals surface area contributed by atoms with E-state index in [1.54, 1.807) is 36.9 Å². The average molecular weight is 350 g/mol. The number of hydrogen-bond donors (Lipinski definition) is 0. The predicted octanol–water partition coefficient (Wildman–Crippen LogP) is 3.21. The minimum atomic E-state index is -4.37. The Bertz CT molecular complexity index is 837. The van der Waals surface area contributed by atoms with E-state index in [1.807, 2.05) is 18.4 Å². The van der Waals surface area contributed by atoms with Crippen molar-refractivity contribution in [3.8, 4) is 11.4 Å². The van der Waals surface area contributed by atoms with E-state index in [9.17, 15) is 13.2 Å². The number of aryl methyl sites for hydroxylation is 1. The average Bonchev–Trinajstić information content (AvgIpc) is 3.13. The summed E-state index contributed by atoms with van der Waals surface area (Å²) in [4.78, 5) is 12.4. The summed E-state index contributed by atoms with van der Waals surface area (Å²) in [7, 11) is 0. The van der Waals surface area contributed by atoms with Gasteiger partial charge in [0.25, 0.3) is 0 Å². The molecule has 0 aromatic carbocycles. The fourth-order valence-corrected chi connectivity index (χ4v) is 2.66. The third kappa shape index (κ3) is 4.04. The molecule has 0 saturated carbocycles. The van der Waals surface area contributed by atoms with Gasteiger partial charge >= 0.3 is 6.18 Å². The van der Waals surface area contributed by atoms with Crippen molar-refractivity contribution < 1.29 is 13.2 Å². The number of pyridine rings is 1. The number of imidazole rings is 1. The van der Waals surface area contributed by atoms with Gasteiger partial charge in [0.2, 0.25) is 0 Å². The van der Waals surface area contributed by atoms with Crippen LogP contribution in [0, 0.1) is 6.92 Å². The minimum absolute atomic E-state index is 0.0935. The molecule has 0 bridgehead atoms. The van der Waals surface area contributed by atoms with Gasteiger partial charge in [0.15, 0.2) is 5.82 Å². The van der Waals surface area contributed by atoms with Crippen LogP contribution in [0.5, 0.6) is 0 Å². The highest BCUT2D eigenvalue weighted by molar-refractivity contribution is 5.53. The summed E-state index contributed by atoms with van der Waals surface area (Å²) in [5.41, 5.74) is 0.628. The maximum atomic E-state index is 12.9. The number of rotatable bonds is 5. The molecule has 0 radical (unpaired) electrons. The van der Waals surface area contributed by atoms with Crippen LogP contribution in [0.2, 0.25) is 0 Å². The van der Waals surface area contributed by atoms with Crippen LogP contribution in [-0.4, -0.2) is 35.5 Å². The van der Waals surface area contributed by atoms with E-state index >= 15 is 0 Å². The van der Waals surface area contributed by atoms with E-state index in [-0.39, 0.29) is 17.7 Å². The Balaban J connectivity index is 1.93. The van der Waals surface area contributed by atoms with Crippen molar-refractivity contribution in [2.45, 2.75) is 39.0 Å². The molecule has 3 aromatic heterocycles. The molecule has 0 aliphatic rings. The first-order valence-corrected chi connectivity index (χ1v) is 7.74. The molecular weight excluding hydrogens is 333 g/mol. The van der Waals surface area contributed by atoms with E-state index in [4.69, 9.17) is 0 Å². The van der Waals surface area contributed by atoms with E-state index < -0.39 is 12.7 Å². The molecular formula is C16H17F3N6. The monoisotopic (exact) mass is 350 g/mol. The number of hydrogen-bond acceptors (Lipinski definition) is 4. The summed E-state index contributed by atoms with van der Waals surface area (Å²) < 4.78 is 41.5. The van der Waals surface area contributed by atoms with Crippen molar-refractivity contribution in [3.05, 3.63) is 48.6 Å². The second-order valence-electron chi connectivity index (χ2n) is 5.80. The molecule has 0 amide bonds. The third-order valence-corrected chi connectivity index (χ3v) is 3.83. The number of aromatic nitrogens is 6. The lowest BCUT2D eigenvalue weighted by atomic mass is 10.2. The zero-order chi connectivity index (χ0) is 18.0. The molecule has 1 unspecified atom stereocenters. The highest BCUT2D eigenvalue weighted by Crippen LogP contribution is 2.23. The van der Waals surface area contributed by atoms with Crippen LogP contribution >= 0.6 is 0 Å². The second kappa shape index (κ2) is 6.66. The van der Waals surface area contributed by atoms with Gasteiger partial charge in [-0.15, -0.1) is 0 Å². The molecule has 0 spiro atoms. The van der Waals surface area contributed by atoms with Crippen molar-refractivity contribution >= 4 is 0 Å². The second-order valence-corrected chi connectivity index (χ2v) is 5.80. The van der Waals surface area contributed by atoms with Gasteiger partial charge in [-0.1, -0.05) is 0 Å². The Morgan fingerprint density at radius 1 is 1.16 bits per heavy atom. The Morgan fingerprint density at radius 3 is 2.48 bits per heavy atom. The van der Waals surface area contributed by atoms with Crippen molar-refractivity contribution in [1.29, 1.82) is 0 Å². The molecule has 1 atom stereocenters. The van der Waals surface area contributed by atoms with Crippen molar-refractivity contribution in [2.75, 3.05) is 0 Å². The molecule has 0 saturated heterocycles. The van der Waals surface area contributed by atoms with Crippen LogP contribution < -0.4 is 0 Å². The van der Waals surface area contributed by atoms with E-state index in [0.29, 0.717) is 12.0 Å². The number of halogens is 3. The van der Waals surface area contributed by atoms with Gasteiger partial charge in [-0.05, 0) is 26.0 Å². The van der Waals surface area contributed by atoms with Crippen molar-refractivity contribution in [3.63, 3.8) is 0 Å². The Kier molecular flexibility index (Phi) is 4.56. The maximum absolute atomic E-state index is 12.9. The standard InChI is InChI=1S/C16H17F3N6/c1-11(24-8-7-21-12(24)2)9-14-22-15(13-3-5-20-6-4-13)23-25(14)10-16(17,18)19/h3-8,11H,9-10H2,1-2H3. The van der Waals surface area contributed by atoms with Crippen molar-refractivity contribution in [1.82, 2.24) is 29.3 Å². The molecule has 3 rings (SSSR count). The minimum Gasteiger partial charge on any atom is -0.332 e. The summed E-state index contributed by atoms with van der Waals surface area (Å²) in [6.45, 7) is 2.59. The highest BCUT2D eigenvalue weighted by Gasteiger charge is 2.31. The molecule has 0 aliphatic carbocycles. The zero-order valence-electron chi connectivity index (χ0n) is 13.8. The van der Waals surface area contributed by atoms with Crippen molar-refractivity contribution in [2.24, 2.45) is 0 Å². The highest BCUT2D eigenvalue weighted by atomic mass is 19.4. The zero-order valence-corrected chi connectivity index (χ0v) is 13.8. The van der Waals surface area contributed by atoms with Gasteiger partial charge in [0, 0.05) is 42.8 Å². The quantitative estimate of drug-likeness (QED) is 0.709. The Morgan fingerprint density at radius 2 is 1.88 bits per heavy atom. The molecule has 9 heteroatoms. The SMILES string of the molecule is Cc1nccn1C(C)Cc1nc(-c2ccncc2)nn1CC(F)(F)F. The molecule has 0 aliphatic heterocycles. The summed E-state index contributed by atoms with van der Waals surface area (Å²) in [5, 5.41) is 4.06. The Labute approximate surface area is 142 Å². The molecule has 25 heavy (non-hydrogen) atoms. The summed E-state index contributed by atoms with van der Waals surface area (Å²) >= 11 is 0. The van der Waals surface area contributed by atoms with Gasteiger partial charge in [-0.3, -0.25) is 4.98 Å². The van der Waals surface area contributed by atoms with E-state index in [1.165, 1.54) is 0 Å². The van der Waals surface area contributed by atoms with Gasteiger partial charge in [0.05, 0.1) is 0 Å². The van der Waals surface area contributed by atoms with E-state index in [0.717, 1.165) is 10.5 Å². The fraction of sp³-hybridized carbons (Fsp3) is 0.375. The molecule has 0 N–H and O–H groups in total. The number of nitrogens with zero attached hydrogens (tertiary/aromatic N) is 6. The van der Waals surface area contributed by atoms with Crippen LogP contribution in [0.1, 0.15) is 24.6 Å². The Hall–Kier alpha value is -2.71. The third-order valence-electron chi connectivity index (χ3n) is 3.83. The number of alkyl halides is 3. The summed E-state index contributed by atoms with van der Waals surface area (Å²) in [5.74, 6) is 1.34. The predicted molar refractivity (Wildman–Crippen MR) is 84.7 cm³/mol. The van der Waals surface area contributed by atoms with Gasteiger partial charge in [-0.2, -0.15) is 18.3 Å². The lowest BCUT2D eigenvalue weighted by Crippen LogP contribution is -2.22. The van der Waals surface area contributed by atoms with Gasteiger partial charge < -0.3 is 4.57 Å². The van der Waals surface area contributed by atoms with Crippen LogP contribution in [0.25, 0.3) is 11.4 Å². The topological polar surface area (TPSA) is 61.4 Å². The summed E-state index contributed by atoms with van der Waals surface area (Å²) in [6.07, 6.45) is 2.51. The fourth-order valence-electron chi connectivity index (χ4n) is 2.66. The van der Waals surface area contributed by atoms with Crippen LogP contribution in [0.3, 0.4) is 0 Å². The first-order valence-electron chi connectivity index (χ1n) is 7.74. The lowest BCUT2D eigenvalue weighted by Gasteiger charge is -2.15. The molecule has 0 fully saturated rings. The molecule has 3 aromatic rings. The smallest absolute Gasteiger partial charge is 0.332 e. The van der Waals surface area contributed by atoms with Gasteiger partial charge in [-0.25, -0.2) is 14.6 Å². The normalized spacial score (nSPS) is 13.2. The first-order chi connectivity index (χ1) is 11.8. The van der Waals surface area contributed by atoms with E-state index in [2.05, 4.69) is 20.1 Å². The molecule has 3 heterocycles.